The molecule has 2 saturated heterocycles. The van der Waals surface area contributed by atoms with Crippen LogP contribution in [-0.4, -0.2) is 66.0 Å². The number of hydrogen-bond donors (Lipinski definition) is 0. The van der Waals surface area contributed by atoms with E-state index in [1.807, 2.05) is 9.80 Å². The Morgan fingerprint density at radius 1 is 1.12 bits per heavy atom. The van der Waals surface area contributed by atoms with Gasteiger partial charge in [-0.1, -0.05) is 0 Å². The number of amides is 2. The van der Waals surface area contributed by atoms with Gasteiger partial charge in [0.05, 0.1) is 5.56 Å². The number of rotatable bonds is 3. The van der Waals surface area contributed by atoms with Crippen molar-refractivity contribution >= 4 is 11.8 Å². The van der Waals surface area contributed by atoms with Crippen LogP contribution in [0.3, 0.4) is 0 Å². The Morgan fingerprint density at radius 2 is 1.88 bits per heavy atom. The fraction of sp³-hybridized carbons (Fsp3) is 0.611. The molecule has 2 fully saturated rings. The standard InChI is InChI=1S/C18H25N3O3/c22-17(13-15-4-11-24-12-5-15)20-7-2-8-21(10-9-20)18(23)16-3-1-6-19-14-16/h1,3,6,14-15H,2,4-5,7-13H2. The van der Waals surface area contributed by atoms with Gasteiger partial charge in [0, 0.05) is 58.2 Å². The van der Waals surface area contributed by atoms with Crippen LogP contribution in [0.2, 0.25) is 0 Å². The zero-order valence-electron chi connectivity index (χ0n) is 14.0. The van der Waals surface area contributed by atoms with Crippen LogP contribution in [0.1, 0.15) is 36.0 Å². The number of carbonyl (C=O) groups is 2. The summed E-state index contributed by atoms with van der Waals surface area (Å²) in [4.78, 5) is 32.8. The maximum Gasteiger partial charge on any atom is 0.255 e. The minimum atomic E-state index is 0.00169. The number of hydrogen-bond acceptors (Lipinski definition) is 4. The monoisotopic (exact) mass is 331 g/mol. The highest BCUT2D eigenvalue weighted by Crippen LogP contribution is 2.20. The molecule has 2 amide bonds. The highest BCUT2D eigenvalue weighted by atomic mass is 16.5. The second-order valence-electron chi connectivity index (χ2n) is 6.53. The Morgan fingerprint density at radius 3 is 2.62 bits per heavy atom. The van der Waals surface area contributed by atoms with E-state index < -0.39 is 0 Å². The zero-order valence-corrected chi connectivity index (χ0v) is 14.0. The van der Waals surface area contributed by atoms with E-state index in [2.05, 4.69) is 4.98 Å². The van der Waals surface area contributed by atoms with Crippen LogP contribution in [-0.2, 0) is 9.53 Å². The Bertz CT molecular complexity index is 558. The third-order valence-corrected chi connectivity index (χ3v) is 4.85. The average Bonchev–Trinajstić information content (AvgIpc) is 2.89. The molecule has 24 heavy (non-hydrogen) atoms. The Hall–Kier alpha value is -1.95. The lowest BCUT2D eigenvalue weighted by Crippen LogP contribution is -2.38. The summed E-state index contributed by atoms with van der Waals surface area (Å²) >= 11 is 0. The van der Waals surface area contributed by atoms with Gasteiger partial charge in [-0.25, -0.2) is 0 Å². The summed E-state index contributed by atoms with van der Waals surface area (Å²) < 4.78 is 5.36. The second kappa shape index (κ2) is 8.24. The molecule has 0 spiro atoms. The predicted octanol–water partition coefficient (Wildman–Crippen LogP) is 1.57. The van der Waals surface area contributed by atoms with Crippen LogP contribution in [0.15, 0.2) is 24.5 Å². The van der Waals surface area contributed by atoms with Crippen LogP contribution in [0.5, 0.6) is 0 Å². The lowest BCUT2D eigenvalue weighted by Gasteiger charge is -2.26. The van der Waals surface area contributed by atoms with Crippen LogP contribution in [0.4, 0.5) is 0 Å². The van der Waals surface area contributed by atoms with Gasteiger partial charge in [0.15, 0.2) is 0 Å². The summed E-state index contributed by atoms with van der Waals surface area (Å²) in [6.45, 7) is 4.17. The normalized spacial score (nSPS) is 19.8. The van der Waals surface area contributed by atoms with E-state index in [1.165, 1.54) is 0 Å². The van der Waals surface area contributed by atoms with Crippen molar-refractivity contribution in [3.8, 4) is 0 Å². The number of pyridine rings is 1. The molecular formula is C18H25N3O3. The molecule has 2 aliphatic rings. The molecular weight excluding hydrogens is 306 g/mol. The summed E-state index contributed by atoms with van der Waals surface area (Å²) in [6, 6.07) is 3.56. The van der Waals surface area contributed by atoms with Gasteiger partial charge in [-0.3, -0.25) is 14.6 Å². The van der Waals surface area contributed by atoms with Crippen LogP contribution >= 0.6 is 0 Å². The molecule has 3 rings (SSSR count). The van der Waals surface area contributed by atoms with E-state index in [1.54, 1.807) is 24.5 Å². The third kappa shape index (κ3) is 4.32. The van der Waals surface area contributed by atoms with Gasteiger partial charge in [-0.15, -0.1) is 0 Å². The SMILES string of the molecule is O=C(CC1CCOCC1)N1CCCN(C(=O)c2cccnc2)CC1. The van der Waals surface area contributed by atoms with Crippen LogP contribution in [0, 0.1) is 5.92 Å². The van der Waals surface area contributed by atoms with Gasteiger partial charge in [0.1, 0.15) is 0 Å². The van der Waals surface area contributed by atoms with Gasteiger partial charge in [0.25, 0.3) is 5.91 Å². The highest BCUT2D eigenvalue weighted by molar-refractivity contribution is 5.93. The van der Waals surface area contributed by atoms with Gasteiger partial charge in [-0.2, -0.15) is 0 Å². The minimum Gasteiger partial charge on any atom is -0.381 e. The van der Waals surface area contributed by atoms with Crippen molar-refractivity contribution < 1.29 is 14.3 Å². The number of aromatic nitrogens is 1. The summed E-state index contributed by atoms with van der Waals surface area (Å²) in [5, 5.41) is 0. The molecule has 130 valence electrons. The molecule has 0 saturated carbocycles. The van der Waals surface area contributed by atoms with Crippen LogP contribution in [0.25, 0.3) is 0 Å². The molecule has 2 aliphatic heterocycles. The topological polar surface area (TPSA) is 62.7 Å². The van der Waals surface area contributed by atoms with E-state index in [9.17, 15) is 9.59 Å². The molecule has 0 atom stereocenters. The first-order valence-corrected chi connectivity index (χ1v) is 8.79. The van der Waals surface area contributed by atoms with Crippen molar-refractivity contribution in [1.29, 1.82) is 0 Å². The van der Waals surface area contributed by atoms with Crippen molar-refractivity contribution in [3.05, 3.63) is 30.1 Å². The van der Waals surface area contributed by atoms with Crippen molar-refractivity contribution in [2.45, 2.75) is 25.7 Å². The predicted molar refractivity (Wildman–Crippen MR) is 89.5 cm³/mol. The number of nitrogens with zero attached hydrogens (tertiary/aromatic N) is 3. The van der Waals surface area contributed by atoms with E-state index in [0.717, 1.165) is 39.0 Å². The van der Waals surface area contributed by atoms with Gasteiger partial charge in [-0.05, 0) is 37.3 Å². The molecule has 1 aromatic heterocycles. The Labute approximate surface area is 142 Å². The summed E-state index contributed by atoms with van der Waals surface area (Å²) in [5.41, 5.74) is 0.611. The summed E-state index contributed by atoms with van der Waals surface area (Å²) in [6.07, 6.45) is 6.65. The maximum atomic E-state index is 12.5. The van der Waals surface area contributed by atoms with Crippen molar-refractivity contribution in [2.24, 2.45) is 5.92 Å². The van der Waals surface area contributed by atoms with Crippen molar-refractivity contribution in [3.63, 3.8) is 0 Å². The first kappa shape index (κ1) is 16.9. The smallest absolute Gasteiger partial charge is 0.255 e. The molecule has 0 radical (unpaired) electrons. The van der Waals surface area contributed by atoms with Crippen LogP contribution < -0.4 is 0 Å². The number of carbonyl (C=O) groups excluding carboxylic acids is 2. The maximum absolute atomic E-state index is 12.5. The van der Waals surface area contributed by atoms with E-state index >= 15 is 0 Å². The molecule has 0 aliphatic carbocycles. The molecule has 6 nitrogen and oxygen atoms in total. The third-order valence-electron chi connectivity index (χ3n) is 4.85. The minimum absolute atomic E-state index is 0.00169. The second-order valence-corrected chi connectivity index (χ2v) is 6.53. The summed E-state index contributed by atoms with van der Waals surface area (Å²) in [5.74, 6) is 0.669. The van der Waals surface area contributed by atoms with E-state index in [0.29, 0.717) is 37.5 Å². The Kier molecular flexibility index (Phi) is 5.80. The Balaban J connectivity index is 1.52. The molecule has 0 unspecified atom stereocenters. The van der Waals surface area contributed by atoms with E-state index in [-0.39, 0.29) is 11.8 Å². The largest absolute Gasteiger partial charge is 0.381 e. The van der Waals surface area contributed by atoms with Crippen molar-refractivity contribution in [1.82, 2.24) is 14.8 Å². The van der Waals surface area contributed by atoms with Gasteiger partial charge >= 0.3 is 0 Å². The van der Waals surface area contributed by atoms with Crippen molar-refractivity contribution in [2.75, 3.05) is 39.4 Å². The number of ether oxygens (including phenoxy) is 1. The van der Waals surface area contributed by atoms with Gasteiger partial charge < -0.3 is 14.5 Å². The lowest BCUT2D eigenvalue weighted by molar-refractivity contribution is -0.132. The quantitative estimate of drug-likeness (QED) is 0.843. The average molecular weight is 331 g/mol. The molecule has 0 N–H and O–H groups in total. The van der Waals surface area contributed by atoms with Gasteiger partial charge in [0.2, 0.25) is 5.91 Å². The molecule has 6 heteroatoms. The molecule has 0 bridgehead atoms. The fourth-order valence-electron chi connectivity index (χ4n) is 3.37. The first-order valence-electron chi connectivity index (χ1n) is 8.79. The zero-order chi connectivity index (χ0) is 16.8. The molecule has 1 aromatic rings. The highest BCUT2D eigenvalue weighted by Gasteiger charge is 2.25. The first-order chi connectivity index (χ1) is 11.7. The van der Waals surface area contributed by atoms with E-state index in [4.69, 9.17) is 4.74 Å². The molecule has 0 aromatic carbocycles. The molecule has 3 heterocycles. The summed E-state index contributed by atoms with van der Waals surface area (Å²) in [7, 11) is 0. The fourth-order valence-corrected chi connectivity index (χ4v) is 3.37. The lowest BCUT2D eigenvalue weighted by atomic mass is 9.96.